The number of alkyl halides is 2. The number of nitrogens with two attached hydrogens (primary N) is 1. The van der Waals surface area contributed by atoms with Crippen LogP contribution >= 0.6 is 0 Å². The van der Waals surface area contributed by atoms with Gasteiger partial charge in [0.2, 0.25) is 28.3 Å². The first kappa shape index (κ1) is 18.8. The van der Waals surface area contributed by atoms with Crippen LogP contribution in [0.15, 0.2) is 35.5 Å². The van der Waals surface area contributed by atoms with Crippen molar-refractivity contribution in [3.05, 3.63) is 41.7 Å². The van der Waals surface area contributed by atoms with Gasteiger partial charge in [0.25, 0.3) is 0 Å². The van der Waals surface area contributed by atoms with E-state index in [1.807, 2.05) is 12.1 Å². The summed E-state index contributed by atoms with van der Waals surface area (Å²) in [6.07, 6.45) is 1.68. The van der Waals surface area contributed by atoms with Gasteiger partial charge >= 0.3 is 0 Å². The molecule has 0 aliphatic heterocycles. The first-order valence-corrected chi connectivity index (χ1v) is 10.2. The quantitative estimate of drug-likeness (QED) is 0.676. The molecule has 1 aliphatic rings. The van der Waals surface area contributed by atoms with Crippen molar-refractivity contribution in [2.45, 2.75) is 36.5 Å². The fraction of sp³-hybridized carbons (Fsp3) is 0.333. The van der Waals surface area contributed by atoms with Crippen LogP contribution in [0.1, 0.15) is 29.9 Å². The molecule has 1 aliphatic carbocycles. The van der Waals surface area contributed by atoms with Crippen molar-refractivity contribution in [3.8, 4) is 11.8 Å². The summed E-state index contributed by atoms with van der Waals surface area (Å²) in [6.45, 7) is 0. The zero-order valence-corrected chi connectivity index (χ0v) is 15.8. The Morgan fingerprint density at radius 3 is 2.71 bits per heavy atom. The van der Waals surface area contributed by atoms with Gasteiger partial charge in [0.15, 0.2) is 0 Å². The summed E-state index contributed by atoms with van der Waals surface area (Å²) in [4.78, 5) is 8.31. The summed E-state index contributed by atoms with van der Waals surface area (Å²) in [7, 11) is -2.65. The lowest BCUT2D eigenvalue weighted by atomic mass is 10.1. The lowest BCUT2D eigenvalue weighted by Crippen LogP contribution is -2.11. The van der Waals surface area contributed by atoms with Crippen molar-refractivity contribution in [2.75, 3.05) is 7.11 Å². The Labute approximate surface area is 160 Å². The zero-order valence-electron chi connectivity index (χ0n) is 15.0. The van der Waals surface area contributed by atoms with Crippen molar-refractivity contribution in [1.82, 2.24) is 14.5 Å². The molecule has 1 fully saturated rings. The second kappa shape index (κ2) is 6.78. The van der Waals surface area contributed by atoms with E-state index in [1.165, 1.54) is 24.1 Å². The number of fused-ring (bicyclic) bond motifs is 1. The average Bonchev–Trinajstić information content (AvgIpc) is 3.41. The minimum Gasteiger partial charge on any atom is -0.481 e. The van der Waals surface area contributed by atoms with E-state index in [1.54, 1.807) is 6.07 Å². The Morgan fingerprint density at radius 1 is 1.36 bits per heavy atom. The molecule has 10 heteroatoms. The van der Waals surface area contributed by atoms with Crippen molar-refractivity contribution < 1.29 is 21.9 Å². The van der Waals surface area contributed by atoms with E-state index in [9.17, 15) is 17.2 Å². The van der Waals surface area contributed by atoms with E-state index >= 15 is 0 Å². The number of hydrogen-bond acceptors (Lipinski definition) is 5. The van der Waals surface area contributed by atoms with Gasteiger partial charge in [-0.15, -0.1) is 0 Å². The zero-order chi connectivity index (χ0) is 20.1. The van der Waals surface area contributed by atoms with Gasteiger partial charge in [0, 0.05) is 29.8 Å². The Morgan fingerprint density at radius 2 is 2.11 bits per heavy atom. The molecule has 1 aromatic carbocycles. The van der Waals surface area contributed by atoms with Crippen LogP contribution in [0.4, 0.5) is 8.78 Å². The number of benzene rings is 1. The number of sulfonamides is 1. The number of halogens is 2. The number of ether oxygens (including phenoxy) is 1. The SMILES string of the molecule is COc1nc(-n2cc(S(N)(=O)=O)c3ccc(C4CC4)cc32)ncc1CC(F)F. The molecule has 1 saturated carbocycles. The second-order valence-corrected chi connectivity index (χ2v) is 8.29. The minimum atomic E-state index is -3.98. The van der Waals surface area contributed by atoms with Gasteiger partial charge in [0.1, 0.15) is 4.90 Å². The molecule has 2 heterocycles. The van der Waals surface area contributed by atoms with Crippen LogP contribution in [-0.4, -0.2) is 36.5 Å². The Kier molecular flexibility index (Phi) is 4.54. The normalized spacial score (nSPS) is 14.8. The smallest absolute Gasteiger partial charge is 0.242 e. The summed E-state index contributed by atoms with van der Waals surface area (Å²) in [5, 5.41) is 5.82. The van der Waals surface area contributed by atoms with E-state index < -0.39 is 22.9 Å². The van der Waals surface area contributed by atoms with Crippen molar-refractivity contribution in [3.63, 3.8) is 0 Å². The van der Waals surface area contributed by atoms with Crippen LogP contribution < -0.4 is 9.88 Å². The highest BCUT2D eigenvalue weighted by molar-refractivity contribution is 7.89. The molecule has 28 heavy (non-hydrogen) atoms. The van der Waals surface area contributed by atoms with Gasteiger partial charge < -0.3 is 4.74 Å². The van der Waals surface area contributed by atoms with Crippen LogP contribution in [0.25, 0.3) is 16.9 Å². The van der Waals surface area contributed by atoms with Gasteiger partial charge in [0.05, 0.1) is 12.6 Å². The molecule has 4 rings (SSSR count). The van der Waals surface area contributed by atoms with Crippen LogP contribution in [0.2, 0.25) is 0 Å². The molecule has 0 bridgehead atoms. The molecule has 0 unspecified atom stereocenters. The van der Waals surface area contributed by atoms with Crippen LogP contribution in [0.5, 0.6) is 5.88 Å². The van der Waals surface area contributed by atoms with Crippen LogP contribution in [-0.2, 0) is 16.4 Å². The molecule has 0 saturated heterocycles. The number of hydrogen-bond donors (Lipinski definition) is 1. The number of rotatable bonds is 6. The fourth-order valence-corrected chi connectivity index (χ4v) is 3.99. The molecule has 0 radical (unpaired) electrons. The monoisotopic (exact) mass is 408 g/mol. The van der Waals surface area contributed by atoms with Gasteiger partial charge in [-0.1, -0.05) is 12.1 Å². The first-order chi connectivity index (χ1) is 13.3. The summed E-state index contributed by atoms with van der Waals surface area (Å²) in [6, 6.07) is 5.51. The maximum atomic E-state index is 12.7. The van der Waals surface area contributed by atoms with Gasteiger partial charge in [-0.25, -0.2) is 27.3 Å². The van der Waals surface area contributed by atoms with Crippen molar-refractivity contribution in [1.29, 1.82) is 0 Å². The lowest BCUT2D eigenvalue weighted by molar-refractivity contribution is 0.147. The van der Waals surface area contributed by atoms with E-state index in [2.05, 4.69) is 9.97 Å². The van der Waals surface area contributed by atoms with Crippen molar-refractivity contribution >= 4 is 20.9 Å². The van der Waals surface area contributed by atoms with Crippen LogP contribution in [0.3, 0.4) is 0 Å². The summed E-state index contributed by atoms with van der Waals surface area (Å²) >= 11 is 0. The molecule has 0 atom stereocenters. The highest BCUT2D eigenvalue weighted by Crippen LogP contribution is 2.41. The summed E-state index contributed by atoms with van der Waals surface area (Å²) in [5.74, 6) is 0.583. The Balaban J connectivity index is 1.91. The van der Waals surface area contributed by atoms with Crippen molar-refractivity contribution in [2.24, 2.45) is 5.14 Å². The third-order valence-electron chi connectivity index (χ3n) is 4.74. The minimum absolute atomic E-state index is 0.0163. The maximum Gasteiger partial charge on any atom is 0.242 e. The predicted molar refractivity (Wildman–Crippen MR) is 98.5 cm³/mol. The molecular formula is C18H18F2N4O3S. The highest BCUT2D eigenvalue weighted by Gasteiger charge is 2.26. The third-order valence-corrected chi connectivity index (χ3v) is 5.68. The number of methoxy groups -OCH3 is 1. The standard InChI is InChI=1S/C18H18F2N4O3S/c1-27-17-12(7-16(19)20)8-22-18(23-17)24-9-15(28(21,25)26)13-5-4-11(6-14(13)24)10-2-3-10/h4-6,8-10,16H,2-3,7H2,1H3,(H2,21,25,26). The summed E-state index contributed by atoms with van der Waals surface area (Å²) < 4.78 is 56.2. The Hall–Kier alpha value is -2.59. The third kappa shape index (κ3) is 3.45. The molecule has 3 aromatic rings. The van der Waals surface area contributed by atoms with E-state index in [4.69, 9.17) is 9.88 Å². The van der Waals surface area contributed by atoms with E-state index in [-0.39, 0.29) is 22.3 Å². The van der Waals surface area contributed by atoms with E-state index in [0.29, 0.717) is 16.8 Å². The maximum absolute atomic E-state index is 12.7. The van der Waals surface area contributed by atoms with Gasteiger partial charge in [-0.05, 0) is 30.4 Å². The van der Waals surface area contributed by atoms with E-state index in [0.717, 1.165) is 18.4 Å². The molecule has 148 valence electrons. The molecule has 0 amide bonds. The molecule has 2 aromatic heterocycles. The van der Waals surface area contributed by atoms with Gasteiger partial charge in [-0.3, -0.25) is 4.57 Å². The summed E-state index contributed by atoms with van der Waals surface area (Å²) in [5.41, 5.74) is 1.84. The largest absolute Gasteiger partial charge is 0.481 e. The van der Waals surface area contributed by atoms with Crippen LogP contribution in [0, 0.1) is 0 Å². The molecule has 0 spiro atoms. The molecular weight excluding hydrogens is 390 g/mol. The van der Waals surface area contributed by atoms with Gasteiger partial charge in [-0.2, -0.15) is 4.98 Å². The predicted octanol–water partition coefficient (Wildman–Crippen LogP) is 2.76. The number of aromatic nitrogens is 3. The second-order valence-electron chi connectivity index (χ2n) is 6.76. The molecule has 7 nitrogen and oxygen atoms in total. The first-order valence-electron chi connectivity index (χ1n) is 8.64. The average molecular weight is 408 g/mol. The topological polar surface area (TPSA) is 100 Å². The fourth-order valence-electron chi connectivity index (χ4n) is 3.26. The molecule has 2 N–H and O–H groups in total. The number of primary sulfonamides is 1. The number of nitrogens with zero attached hydrogens (tertiary/aromatic N) is 3. The highest BCUT2D eigenvalue weighted by atomic mass is 32.2. The Bertz CT molecular complexity index is 1160. The lowest BCUT2D eigenvalue weighted by Gasteiger charge is -2.10.